The van der Waals surface area contributed by atoms with Crippen LogP contribution in [0, 0.1) is 27.7 Å². The molecule has 152 valence electrons. The molecule has 0 amide bonds. The van der Waals surface area contributed by atoms with Gasteiger partial charge in [-0.05, 0) is 66.6 Å². The molecule has 0 aliphatic carbocycles. The highest BCUT2D eigenvalue weighted by Crippen LogP contribution is 2.52. The Balaban J connectivity index is 2.53. The fourth-order valence-corrected chi connectivity index (χ4v) is 4.06. The molecular weight excluding hydrogens is 373 g/mol. The topological polar surface area (TPSA) is 52.0 Å². The van der Waals surface area contributed by atoms with Crippen molar-refractivity contribution in [3.8, 4) is 0 Å². The summed E-state index contributed by atoms with van der Waals surface area (Å²) in [6.45, 7) is 6.93. The molecule has 3 aromatic carbocycles. The van der Waals surface area contributed by atoms with E-state index in [0.717, 1.165) is 0 Å². The zero-order valence-electron chi connectivity index (χ0n) is 17.0. The van der Waals surface area contributed by atoms with E-state index in [0.29, 0.717) is 33.6 Å². The van der Waals surface area contributed by atoms with Crippen LogP contribution in [-0.4, -0.2) is 6.18 Å². The van der Waals surface area contributed by atoms with Gasteiger partial charge in [-0.1, -0.05) is 54.6 Å². The number of aryl methyl sites for hydroxylation is 4. The molecule has 0 atom stereocenters. The Morgan fingerprint density at radius 3 is 1.24 bits per heavy atom. The number of benzene rings is 3. The number of anilines is 2. The maximum absolute atomic E-state index is 15.1. The van der Waals surface area contributed by atoms with Gasteiger partial charge in [0, 0.05) is 11.4 Å². The van der Waals surface area contributed by atoms with E-state index in [2.05, 4.69) is 0 Å². The second-order valence-electron chi connectivity index (χ2n) is 7.66. The maximum atomic E-state index is 15.1. The standard InChI is InChI=1S/C24H25F3N2/c1-14-10-19(11-15(2)21(14)28)23(24(25,26)27,18-8-6-5-7-9-18)20-12-16(3)22(29)17(4)13-20/h5-13H,28-29H2,1-4H3. The Morgan fingerprint density at radius 1 is 0.586 bits per heavy atom. The van der Waals surface area contributed by atoms with Crippen LogP contribution < -0.4 is 11.5 Å². The predicted octanol–water partition coefficient (Wildman–Crippen LogP) is 5.98. The fraction of sp³-hybridized carbons (Fsp3) is 0.250. The van der Waals surface area contributed by atoms with Crippen molar-refractivity contribution in [2.24, 2.45) is 0 Å². The average molecular weight is 398 g/mol. The SMILES string of the molecule is Cc1cc(C(c2ccccc2)(c2cc(C)c(N)c(C)c2)C(F)(F)F)cc(C)c1N. The van der Waals surface area contributed by atoms with Gasteiger partial charge in [-0.25, -0.2) is 0 Å². The third kappa shape index (κ3) is 3.24. The van der Waals surface area contributed by atoms with Gasteiger partial charge in [0.05, 0.1) is 0 Å². The van der Waals surface area contributed by atoms with Gasteiger partial charge in [-0.2, -0.15) is 13.2 Å². The summed E-state index contributed by atoms with van der Waals surface area (Å²) in [5.41, 5.74) is 13.7. The lowest BCUT2D eigenvalue weighted by molar-refractivity contribution is -0.166. The first-order valence-electron chi connectivity index (χ1n) is 9.36. The zero-order valence-corrected chi connectivity index (χ0v) is 17.0. The van der Waals surface area contributed by atoms with Crippen LogP contribution in [0.25, 0.3) is 0 Å². The van der Waals surface area contributed by atoms with Gasteiger partial charge >= 0.3 is 6.18 Å². The number of hydrogen-bond acceptors (Lipinski definition) is 2. The van der Waals surface area contributed by atoms with Crippen molar-refractivity contribution in [2.75, 3.05) is 11.5 Å². The summed E-state index contributed by atoms with van der Waals surface area (Å²) < 4.78 is 45.3. The molecule has 0 saturated heterocycles. The van der Waals surface area contributed by atoms with E-state index in [-0.39, 0.29) is 16.7 Å². The van der Waals surface area contributed by atoms with Crippen LogP contribution in [0.4, 0.5) is 24.5 Å². The zero-order chi connectivity index (χ0) is 21.6. The molecule has 2 nitrogen and oxygen atoms in total. The van der Waals surface area contributed by atoms with Crippen molar-refractivity contribution in [2.45, 2.75) is 39.3 Å². The molecule has 0 aliphatic rings. The van der Waals surface area contributed by atoms with E-state index in [1.807, 2.05) is 0 Å². The van der Waals surface area contributed by atoms with Gasteiger partial charge in [0.1, 0.15) is 5.41 Å². The quantitative estimate of drug-likeness (QED) is 0.421. The Labute approximate surface area is 169 Å². The average Bonchev–Trinajstić information content (AvgIpc) is 2.64. The van der Waals surface area contributed by atoms with Crippen LogP contribution in [0.1, 0.15) is 38.9 Å². The first-order valence-corrected chi connectivity index (χ1v) is 9.36. The van der Waals surface area contributed by atoms with Crippen LogP contribution in [0.5, 0.6) is 0 Å². The first kappa shape index (κ1) is 20.8. The lowest BCUT2D eigenvalue weighted by Crippen LogP contribution is -2.45. The highest BCUT2D eigenvalue weighted by Gasteiger charge is 2.58. The highest BCUT2D eigenvalue weighted by molar-refractivity contribution is 5.64. The minimum atomic E-state index is -4.60. The van der Waals surface area contributed by atoms with E-state index < -0.39 is 11.6 Å². The van der Waals surface area contributed by atoms with E-state index in [1.165, 1.54) is 12.1 Å². The third-order valence-electron chi connectivity index (χ3n) is 5.69. The monoisotopic (exact) mass is 398 g/mol. The Morgan fingerprint density at radius 2 is 0.931 bits per heavy atom. The molecule has 3 aromatic rings. The van der Waals surface area contributed by atoms with Crippen molar-refractivity contribution in [1.82, 2.24) is 0 Å². The molecule has 0 bridgehead atoms. The molecule has 0 spiro atoms. The van der Waals surface area contributed by atoms with Crippen molar-refractivity contribution in [3.05, 3.63) is 93.5 Å². The number of nitrogens with two attached hydrogens (primary N) is 2. The van der Waals surface area contributed by atoms with E-state index in [9.17, 15) is 0 Å². The summed E-state index contributed by atoms with van der Waals surface area (Å²) in [6, 6.07) is 14.2. The van der Waals surface area contributed by atoms with Crippen LogP contribution in [0.3, 0.4) is 0 Å². The minimum absolute atomic E-state index is 0.143. The number of alkyl halides is 3. The Bertz CT molecular complexity index is 950. The van der Waals surface area contributed by atoms with Crippen LogP contribution in [-0.2, 0) is 5.41 Å². The molecule has 0 saturated carbocycles. The van der Waals surface area contributed by atoms with Crippen molar-refractivity contribution in [1.29, 1.82) is 0 Å². The summed E-state index contributed by atoms with van der Waals surface area (Å²) in [5, 5.41) is 0. The molecule has 0 heterocycles. The van der Waals surface area contributed by atoms with E-state index in [4.69, 9.17) is 11.5 Å². The number of halogens is 3. The first-order chi connectivity index (χ1) is 13.5. The van der Waals surface area contributed by atoms with Crippen LogP contribution in [0.2, 0.25) is 0 Å². The van der Waals surface area contributed by atoms with Crippen molar-refractivity contribution < 1.29 is 13.2 Å². The molecule has 0 aromatic heterocycles. The second-order valence-corrected chi connectivity index (χ2v) is 7.66. The second kappa shape index (κ2) is 7.14. The third-order valence-corrected chi connectivity index (χ3v) is 5.69. The van der Waals surface area contributed by atoms with Gasteiger partial charge < -0.3 is 11.5 Å². The van der Waals surface area contributed by atoms with Crippen LogP contribution >= 0.6 is 0 Å². The Kier molecular flexibility index (Phi) is 5.11. The van der Waals surface area contributed by atoms with Gasteiger partial charge in [-0.15, -0.1) is 0 Å². The van der Waals surface area contributed by atoms with E-state index in [1.54, 1.807) is 70.2 Å². The molecule has 4 N–H and O–H groups in total. The molecule has 3 rings (SSSR count). The molecule has 0 fully saturated rings. The van der Waals surface area contributed by atoms with Gasteiger partial charge in [0.15, 0.2) is 0 Å². The smallest absolute Gasteiger partial charge is 0.398 e. The highest BCUT2D eigenvalue weighted by atomic mass is 19.4. The summed E-state index contributed by atoms with van der Waals surface area (Å²) in [4.78, 5) is 0. The largest absolute Gasteiger partial charge is 0.406 e. The summed E-state index contributed by atoms with van der Waals surface area (Å²) in [5.74, 6) is 0. The number of nitrogen functional groups attached to an aromatic ring is 2. The summed E-state index contributed by atoms with van der Waals surface area (Å²) in [7, 11) is 0. The Hall–Kier alpha value is -2.95. The lowest BCUT2D eigenvalue weighted by Gasteiger charge is -2.38. The summed E-state index contributed by atoms with van der Waals surface area (Å²) >= 11 is 0. The molecule has 29 heavy (non-hydrogen) atoms. The molecule has 5 heteroatoms. The van der Waals surface area contributed by atoms with Gasteiger partial charge in [0.25, 0.3) is 0 Å². The van der Waals surface area contributed by atoms with Crippen molar-refractivity contribution >= 4 is 11.4 Å². The molecule has 0 unspecified atom stereocenters. The normalized spacial score (nSPS) is 12.2. The summed E-state index contributed by atoms with van der Waals surface area (Å²) in [6.07, 6.45) is -4.60. The van der Waals surface area contributed by atoms with Crippen LogP contribution in [0.15, 0.2) is 54.6 Å². The molecule has 0 radical (unpaired) electrons. The number of rotatable bonds is 3. The van der Waals surface area contributed by atoms with Gasteiger partial charge in [-0.3, -0.25) is 0 Å². The van der Waals surface area contributed by atoms with Gasteiger partial charge in [0.2, 0.25) is 0 Å². The maximum Gasteiger partial charge on any atom is 0.406 e. The number of hydrogen-bond donors (Lipinski definition) is 2. The van der Waals surface area contributed by atoms with E-state index >= 15 is 13.2 Å². The fourth-order valence-electron chi connectivity index (χ4n) is 4.06. The minimum Gasteiger partial charge on any atom is -0.398 e. The predicted molar refractivity (Wildman–Crippen MR) is 113 cm³/mol. The van der Waals surface area contributed by atoms with Crippen molar-refractivity contribution in [3.63, 3.8) is 0 Å². The molecular formula is C24H25F3N2. The lowest BCUT2D eigenvalue weighted by atomic mass is 9.67. The molecule has 0 aliphatic heterocycles.